The van der Waals surface area contributed by atoms with E-state index in [1.807, 2.05) is 16.7 Å². The van der Waals surface area contributed by atoms with E-state index in [-0.39, 0.29) is 5.56 Å². The third-order valence-corrected chi connectivity index (χ3v) is 4.13. The van der Waals surface area contributed by atoms with Crippen LogP contribution in [0.3, 0.4) is 0 Å². The minimum atomic E-state index is -0.230. The molecular formula is C17H23N3O3S. The van der Waals surface area contributed by atoms with Gasteiger partial charge in [-0.15, -0.1) is 0 Å². The molecule has 130 valence electrons. The number of aromatic amines is 1. The molecular weight excluding hydrogens is 326 g/mol. The van der Waals surface area contributed by atoms with Crippen LogP contribution in [-0.2, 0) is 6.54 Å². The van der Waals surface area contributed by atoms with Gasteiger partial charge in [0.2, 0.25) is 0 Å². The zero-order chi connectivity index (χ0) is 17.5. The van der Waals surface area contributed by atoms with Crippen LogP contribution in [0.2, 0.25) is 0 Å². The SMILES string of the molecule is COc1ccc(-c2cc(=O)[nH]c(=S)n2CCCCCN)c(OC)c1. The monoisotopic (exact) mass is 349 g/mol. The Morgan fingerprint density at radius 2 is 1.96 bits per heavy atom. The van der Waals surface area contributed by atoms with Crippen LogP contribution in [-0.4, -0.2) is 30.3 Å². The van der Waals surface area contributed by atoms with Crippen LogP contribution in [0.25, 0.3) is 11.3 Å². The van der Waals surface area contributed by atoms with Gasteiger partial charge >= 0.3 is 0 Å². The van der Waals surface area contributed by atoms with E-state index in [0.717, 1.165) is 30.5 Å². The third kappa shape index (κ3) is 4.24. The number of nitrogens with one attached hydrogen (secondary N) is 1. The highest BCUT2D eigenvalue weighted by atomic mass is 32.1. The number of unbranched alkanes of at least 4 members (excludes halogenated alkanes) is 2. The quantitative estimate of drug-likeness (QED) is 0.566. The molecule has 0 atom stereocenters. The van der Waals surface area contributed by atoms with E-state index in [2.05, 4.69) is 4.98 Å². The molecule has 3 N–H and O–H groups in total. The zero-order valence-electron chi connectivity index (χ0n) is 14.0. The van der Waals surface area contributed by atoms with Gasteiger partial charge in [0.15, 0.2) is 4.77 Å². The summed E-state index contributed by atoms with van der Waals surface area (Å²) >= 11 is 5.35. The summed E-state index contributed by atoms with van der Waals surface area (Å²) in [5.74, 6) is 1.32. The Bertz CT molecular complexity index is 798. The highest BCUT2D eigenvalue weighted by Gasteiger charge is 2.13. The molecule has 0 bridgehead atoms. The number of hydrogen-bond donors (Lipinski definition) is 2. The standard InChI is InChI=1S/C17H23N3O3S/c1-22-12-6-7-13(15(10-12)23-2)14-11-16(21)19-17(24)20(14)9-5-3-4-8-18/h6-7,10-11H,3-5,8-9,18H2,1-2H3,(H,19,21,24). The molecule has 2 rings (SSSR count). The predicted octanol–water partition coefficient (Wildman–Crippen LogP) is 2.72. The molecule has 1 aromatic carbocycles. The molecule has 2 aromatic rings. The number of nitrogens with zero attached hydrogens (tertiary/aromatic N) is 1. The van der Waals surface area contributed by atoms with Gasteiger partial charge < -0.3 is 19.8 Å². The van der Waals surface area contributed by atoms with Crippen molar-refractivity contribution < 1.29 is 9.47 Å². The van der Waals surface area contributed by atoms with Gasteiger partial charge in [0.25, 0.3) is 5.56 Å². The van der Waals surface area contributed by atoms with E-state index >= 15 is 0 Å². The molecule has 24 heavy (non-hydrogen) atoms. The van der Waals surface area contributed by atoms with E-state index in [0.29, 0.717) is 29.4 Å². The van der Waals surface area contributed by atoms with Gasteiger partial charge in [0.1, 0.15) is 11.5 Å². The smallest absolute Gasteiger partial charge is 0.252 e. The maximum atomic E-state index is 11.9. The minimum absolute atomic E-state index is 0.230. The number of H-pyrrole nitrogens is 1. The van der Waals surface area contributed by atoms with Gasteiger partial charge in [-0.2, -0.15) is 0 Å². The van der Waals surface area contributed by atoms with Gasteiger partial charge in [-0.05, 0) is 43.7 Å². The molecule has 1 heterocycles. The molecule has 0 saturated carbocycles. The molecule has 7 heteroatoms. The molecule has 0 radical (unpaired) electrons. The van der Waals surface area contributed by atoms with E-state index in [4.69, 9.17) is 27.4 Å². The molecule has 0 unspecified atom stereocenters. The second kappa shape index (κ2) is 8.65. The highest BCUT2D eigenvalue weighted by Crippen LogP contribution is 2.32. The van der Waals surface area contributed by atoms with E-state index in [1.54, 1.807) is 26.4 Å². The molecule has 0 aliphatic rings. The maximum Gasteiger partial charge on any atom is 0.252 e. The number of rotatable bonds is 8. The first-order chi connectivity index (χ1) is 11.6. The second-order valence-corrected chi connectivity index (χ2v) is 5.78. The lowest BCUT2D eigenvalue weighted by atomic mass is 10.1. The molecule has 6 nitrogen and oxygen atoms in total. The van der Waals surface area contributed by atoms with E-state index in [1.165, 1.54) is 0 Å². The van der Waals surface area contributed by atoms with Crippen molar-refractivity contribution in [1.29, 1.82) is 0 Å². The second-order valence-electron chi connectivity index (χ2n) is 5.39. The van der Waals surface area contributed by atoms with Crippen molar-refractivity contribution in [2.75, 3.05) is 20.8 Å². The van der Waals surface area contributed by atoms with E-state index in [9.17, 15) is 4.79 Å². The van der Waals surface area contributed by atoms with Crippen molar-refractivity contribution in [1.82, 2.24) is 9.55 Å². The average molecular weight is 349 g/mol. The lowest BCUT2D eigenvalue weighted by Crippen LogP contribution is -2.15. The van der Waals surface area contributed by atoms with Crippen LogP contribution in [0.5, 0.6) is 11.5 Å². The van der Waals surface area contributed by atoms with Crippen molar-refractivity contribution in [3.63, 3.8) is 0 Å². The lowest BCUT2D eigenvalue weighted by molar-refractivity contribution is 0.395. The van der Waals surface area contributed by atoms with Crippen molar-refractivity contribution >= 4 is 12.2 Å². The number of benzene rings is 1. The van der Waals surface area contributed by atoms with Crippen LogP contribution in [0.1, 0.15) is 19.3 Å². The Balaban J connectivity index is 2.49. The summed E-state index contributed by atoms with van der Waals surface area (Å²) in [7, 11) is 3.19. The van der Waals surface area contributed by atoms with Crippen LogP contribution in [0.4, 0.5) is 0 Å². The number of nitrogens with two attached hydrogens (primary N) is 1. The number of aromatic nitrogens is 2. The Morgan fingerprint density at radius 3 is 2.62 bits per heavy atom. The van der Waals surface area contributed by atoms with Crippen molar-refractivity contribution in [3.05, 3.63) is 39.4 Å². The Labute approximate surface area is 146 Å². The van der Waals surface area contributed by atoms with E-state index < -0.39 is 0 Å². The molecule has 0 amide bonds. The molecule has 0 aliphatic heterocycles. The first kappa shape index (κ1) is 18.2. The molecule has 1 aromatic heterocycles. The molecule has 0 saturated heterocycles. The van der Waals surface area contributed by atoms with Crippen molar-refractivity contribution in [2.45, 2.75) is 25.8 Å². The lowest BCUT2D eigenvalue weighted by Gasteiger charge is -2.16. The van der Waals surface area contributed by atoms with Crippen LogP contribution >= 0.6 is 12.2 Å². The fraction of sp³-hybridized carbons (Fsp3) is 0.412. The van der Waals surface area contributed by atoms with Crippen LogP contribution < -0.4 is 20.8 Å². The number of hydrogen-bond acceptors (Lipinski definition) is 5. The van der Waals surface area contributed by atoms with Crippen LogP contribution in [0, 0.1) is 4.77 Å². The largest absolute Gasteiger partial charge is 0.497 e. The topological polar surface area (TPSA) is 82.3 Å². The van der Waals surface area contributed by atoms with Gasteiger partial charge in [-0.1, -0.05) is 6.42 Å². The molecule has 0 aliphatic carbocycles. The summed E-state index contributed by atoms with van der Waals surface area (Å²) < 4.78 is 13.0. The first-order valence-corrected chi connectivity index (χ1v) is 8.28. The summed E-state index contributed by atoms with van der Waals surface area (Å²) in [5, 5.41) is 0. The highest BCUT2D eigenvalue weighted by molar-refractivity contribution is 7.71. The van der Waals surface area contributed by atoms with Crippen LogP contribution in [0.15, 0.2) is 29.1 Å². The fourth-order valence-electron chi connectivity index (χ4n) is 2.57. The summed E-state index contributed by atoms with van der Waals surface area (Å²) in [5.41, 5.74) is 6.84. The predicted molar refractivity (Wildman–Crippen MR) is 97.3 cm³/mol. The van der Waals surface area contributed by atoms with Crippen molar-refractivity contribution in [2.24, 2.45) is 5.73 Å². The number of methoxy groups -OCH3 is 2. The van der Waals surface area contributed by atoms with Gasteiger partial charge in [0, 0.05) is 24.2 Å². The zero-order valence-corrected chi connectivity index (χ0v) is 14.8. The van der Waals surface area contributed by atoms with Gasteiger partial charge in [-0.3, -0.25) is 9.78 Å². The summed E-state index contributed by atoms with van der Waals surface area (Å²) in [4.78, 5) is 14.6. The van der Waals surface area contributed by atoms with Gasteiger partial charge in [-0.25, -0.2) is 0 Å². The Kier molecular flexibility index (Phi) is 6.57. The molecule has 0 spiro atoms. The maximum absolute atomic E-state index is 11.9. The summed E-state index contributed by atoms with van der Waals surface area (Å²) in [6, 6.07) is 7.04. The summed E-state index contributed by atoms with van der Waals surface area (Å²) in [6.07, 6.45) is 2.91. The Hall–Kier alpha value is -2.12. The summed E-state index contributed by atoms with van der Waals surface area (Å²) in [6.45, 7) is 1.39. The average Bonchev–Trinajstić information content (AvgIpc) is 2.59. The third-order valence-electron chi connectivity index (χ3n) is 3.80. The first-order valence-electron chi connectivity index (χ1n) is 7.87. The van der Waals surface area contributed by atoms with Gasteiger partial charge in [0.05, 0.1) is 19.9 Å². The normalized spacial score (nSPS) is 10.6. The Morgan fingerprint density at radius 1 is 1.17 bits per heavy atom. The minimum Gasteiger partial charge on any atom is -0.497 e. The fourth-order valence-corrected chi connectivity index (χ4v) is 2.86. The molecule has 0 fully saturated rings. The number of ether oxygens (including phenoxy) is 2. The van der Waals surface area contributed by atoms with Crippen molar-refractivity contribution in [3.8, 4) is 22.8 Å².